The lowest BCUT2D eigenvalue weighted by Crippen LogP contribution is -2.20. The predicted octanol–water partition coefficient (Wildman–Crippen LogP) is 4.67. The van der Waals surface area contributed by atoms with E-state index in [1.54, 1.807) is 60.7 Å². The first kappa shape index (κ1) is 17.8. The molecule has 0 unspecified atom stereocenters. The minimum Gasteiger partial charge on any atom is -0.482 e. The van der Waals surface area contributed by atoms with Gasteiger partial charge >= 0.3 is 0 Å². The lowest BCUT2D eigenvalue weighted by atomic mass is 10.2. The van der Waals surface area contributed by atoms with Gasteiger partial charge in [0.25, 0.3) is 11.8 Å². The molecule has 7 nitrogen and oxygen atoms in total. The van der Waals surface area contributed by atoms with E-state index in [0.29, 0.717) is 33.7 Å². The van der Waals surface area contributed by atoms with Gasteiger partial charge in [-0.2, -0.15) is 0 Å². The van der Waals surface area contributed by atoms with E-state index in [1.165, 1.54) is 6.26 Å². The van der Waals surface area contributed by atoms with E-state index in [-0.39, 0.29) is 18.4 Å². The number of rotatable bonds is 6. The third-order valence-corrected chi connectivity index (χ3v) is 4.06. The van der Waals surface area contributed by atoms with Crippen molar-refractivity contribution < 1.29 is 18.4 Å². The Kier molecular flexibility index (Phi) is 5.07. The zero-order valence-electron chi connectivity index (χ0n) is 14.5. The lowest BCUT2D eigenvalue weighted by Gasteiger charge is -2.09. The summed E-state index contributed by atoms with van der Waals surface area (Å²) in [5, 5.41) is 11.2. The molecular weight excluding hydrogens is 382 g/mol. The fraction of sp³-hybridized carbons (Fsp3) is 0.0500. The number of amides is 1. The molecule has 1 N–H and O–H groups in total. The smallest absolute Gasteiger partial charge is 0.283 e. The maximum absolute atomic E-state index is 12.2. The van der Waals surface area contributed by atoms with Crippen molar-refractivity contribution in [2.24, 2.45) is 0 Å². The van der Waals surface area contributed by atoms with E-state index in [0.717, 1.165) is 0 Å². The summed E-state index contributed by atoms with van der Waals surface area (Å²) < 4.78 is 16.3. The van der Waals surface area contributed by atoms with Crippen molar-refractivity contribution in [1.82, 2.24) is 10.2 Å². The fourth-order valence-corrected chi connectivity index (χ4v) is 2.66. The zero-order chi connectivity index (χ0) is 19.3. The number of hydrogen-bond donors (Lipinski definition) is 1. The van der Waals surface area contributed by atoms with Gasteiger partial charge in [0.05, 0.1) is 11.3 Å². The molecule has 0 bridgehead atoms. The van der Waals surface area contributed by atoms with Crippen molar-refractivity contribution in [2.45, 2.75) is 0 Å². The van der Waals surface area contributed by atoms with E-state index in [4.69, 9.17) is 25.2 Å². The van der Waals surface area contributed by atoms with Crippen LogP contribution in [0.25, 0.3) is 23.1 Å². The molecule has 28 heavy (non-hydrogen) atoms. The lowest BCUT2D eigenvalue weighted by molar-refractivity contribution is -0.118. The largest absolute Gasteiger partial charge is 0.482 e. The Morgan fingerprint density at radius 3 is 2.71 bits per heavy atom. The monoisotopic (exact) mass is 395 g/mol. The SMILES string of the molecule is O=C(COc1ccccc1Cl)Nc1cccc(-c2nnc(-c3ccco3)o2)c1. The molecule has 1 amide bonds. The molecule has 140 valence electrons. The first-order valence-corrected chi connectivity index (χ1v) is 8.72. The number of nitrogens with zero attached hydrogens (tertiary/aromatic N) is 2. The maximum atomic E-state index is 12.2. The minimum absolute atomic E-state index is 0.169. The quantitative estimate of drug-likeness (QED) is 0.510. The summed E-state index contributed by atoms with van der Waals surface area (Å²) in [7, 11) is 0. The highest BCUT2D eigenvalue weighted by Gasteiger charge is 2.13. The summed E-state index contributed by atoms with van der Waals surface area (Å²) in [6.07, 6.45) is 1.53. The summed E-state index contributed by atoms with van der Waals surface area (Å²) in [5.74, 6) is 1.21. The molecule has 0 saturated heterocycles. The van der Waals surface area contributed by atoms with Crippen LogP contribution in [0.5, 0.6) is 5.75 Å². The van der Waals surface area contributed by atoms with Crippen LogP contribution in [0.1, 0.15) is 0 Å². The van der Waals surface area contributed by atoms with Crippen LogP contribution in [-0.2, 0) is 4.79 Å². The molecule has 2 heterocycles. The molecule has 0 atom stereocenters. The van der Waals surface area contributed by atoms with Crippen molar-refractivity contribution in [1.29, 1.82) is 0 Å². The van der Waals surface area contributed by atoms with Gasteiger partial charge in [0.15, 0.2) is 12.4 Å². The molecule has 0 aliphatic rings. The van der Waals surface area contributed by atoms with E-state index in [1.807, 2.05) is 0 Å². The third kappa shape index (κ3) is 4.05. The van der Waals surface area contributed by atoms with Crippen LogP contribution in [0.4, 0.5) is 5.69 Å². The molecule has 2 aromatic carbocycles. The highest BCUT2D eigenvalue weighted by atomic mass is 35.5. The number of carbonyl (C=O) groups is 1. The number of aromatic nitrogens is 2. The van der Waals surface area contributed by atoms with Gasteiger partial charge in [-0.3, -0.25) is 4.79 Å². The van der Waals surface area contributed by atoms with Gasteiger partial charge in [0.1, 0.15) is 5.75 Å². The number of para-hydroxylation sites is 1. The molecule has 0 spiro atoms. The Morgan fingerprint density at radius 1 is 1.04 bits per heavy atom. The van der Waals surface area contributed by atoms with Gasteiger partial charge in [-0.1, -0.05) is 29.8 Å². The topological polar surface area (TPSA) is 90.4 Å². The van der Waals surface area contributed by atoms with Gasteiger partial charge in [-0.25, -0.2) is 0 Å². The van der Waals surface area contributed by atoms with Crippen molar-refractivity contribution in [3.8, 4) is 28.9 Å². The molecule has 0 saturated carbocycles. The highest BCUT2D eigenvalue weighted by Crippen LogP contribution is 2.26. The van der Waals surface area contributed by atoms with Crippen molar-refractivity contribution in [3.05, 3.63) is 71.9 Å². The first-order valence-electron chi connectivity index (χ1n) is 8.34. The Hall–Kier alpha value is -3.58. The summed E-state index contributed by atoms with van der Waals surface area (Å²) in [4.78, 5) is 12.2. The van der Waals surface area contributed by atoms with Gasteiger partial charge in [0.2, 0.25) is 5.89 Å². The normalized spacial score (nSPS) is 10.6. The standard InChI is InChI=1S/C20H14ClN3O4/c21-15-7-1-2-8-16(15)27-12-18(25)22-14-6-3-5-13(11-14)19-23-24-20(28-19)17-9-4-10-26-17/h1-11H,12H2,(H,22,25). The molecule has 4 rings (SSSR count). The predicted molar refractivity (Wildman–Crippen MR) is 103 cm³/mol. The second-order valence-corrected chi connectivity index (χ2v) is 6.14. The minimum atomic E-state index is -0.320. The number of carbonyl (C=O) groups excluding carboxylic acids is 1. The van der Waals surface area contributed by atoms with Gasteiger partial charge in [-0.05, 0) is 42.5 Å². The number of ether oxygens (including phenoxy) is 1. The Bertz CT molecular complexity index is 1090. The molecule has 0 fully saturated rings. The summed E-state index contributed by atoms with van der Waals surface area (Å²) >= 11 is 6.01. The van der Waals surface area contributed by atoms with Crippen molar-refractivity contribution in [3.63, 3.8) is 0 Å². The van der Waals surface area contributed by atoms with Crippen LogP contribution >= 0.6 is 11.6 Å². The third-order valence-electron chi connectivity index (χ3n) is 3.75. The number of hydrogen-bond acceptors (Lipinski definition) is 6. The number of furan rings is 1. The van der Waals surface area contributed by atoms with Crippen LogP contribution in [0, 0.1) is 0 Å². The highest BCUT2D eigenvalue weighted by molar-refractivity contribution is 6.32. The molecule has 0 radical (unpaired) electrons. The number of halogens is 1. The van der Waals surface area contributed by atoms with Gasteiger partial charge in [0, 0.05) is 11.3 Å². The van der Waals surface area contributed by atoms with E-state index >= 15 is 0 Å². The molecule has 0 aliphatic heterocycles. The Morgan fingerprint density at radius 2 is 1.89 bits per heavy atom. The summed E-state index contributed by atoms with van der Waals surface area (Å²) in [5.41, 5.74) is 1.23. The molecule has 4 aromatic rings. The average Bonchev–Trinajstić information content (AvgIpc) is 3.39. The first-order chi connectivity index (χ1) is 13.7. The van der Waals surface area contributed by atoms with Crippen LogP contribution < -0.4 is 10.1 Å². The number of nitrogens with one attached hydrogen (secondary N) is 1. The molecular formula is C20H14ClN3O4. The van der Waals surface area contributed by atoms with Crippen LogP contribution in [0.15, 0.2) is 75.8 Å². The van der Waals surface area contributed by atoms with E-state index in [2.05, 4.69) is 15.5 Å². The van der Waals surface area contributed by atoms with E-state index in [9.17, 15) is 4.79 Å². The van der Waals surface area contributed by atoms with Gasteiger partial charge in [-0.15, -0.1) is 10.2 Å². The summed E-state index contributed by atoms with van der Waals surface area (Å²) in [6, 6.07) is 17.5. The van der Waals surface area contributed by atoms with Crippen LogP contribution in [0.2, 0.25) is 5.02 Å². The Balaban J connectivity index is 1.42. The second kappa shape index (κ2) is 7.98. The Labute approximate surface area is 164 Å². The number of anilines is 1. The van der Waals surface area contributed by atoms with Crippen LogP contribution in [0.3, 0.4) is 0 Å². The van der Waals surface area contributed by atoms with E-state index < -0.39 is 0 Å². The number of benzene rings is 2. The maximum Gasteiger partial charge on any atom is 0.283 e. The fourth-order valence-electron chi connectivity index (χ4n) is 2.47. The molecule has 8 heteroatoms. The zero-order valence-corrected chi connectivity index (χ0v) is 15.2. The average molecular weight is 396 g/mol. The molecule has 0 aliphatic carbocycles. The second-order valence-electron chi connectivity index (χ2n) is 5.74. The van der Waals surface area contributed by atoms with Crippen molar-refractivity contribution >= 4 is 23.2 Å². The summed E-state index contributed by atoms with van der Waals surface area (Å²) in [6.45, 7) is -0.169. The van der Waals surface area contributed by atoms with Crippen molar-refractivity contribution in [2.75, 3.05) is 11.9 Å². The molecule has 2 aromatic heterocycles. The van der Waals surface area contributed by atoms with Crippen LogP contribution in [-0.4, -0.2) is 22.7 Å². The van der Waals surface area contributed by atoms with Gasteiger partial charge < -0.3 is 18.9 Å².